The third-order valence-electron chi connectivity index (χ3n) is 4.32. The number of nitrogens with one attached hydrogen (secondary N) is 1. The van der Waals surface area contributed by atoms with E-state index in [1.807, 2.05) is 38.1 Å². The first-order valence-electron chi connectivity index (χ1n) is 8.74. The summed E-state index contributed by atoms with van der Waals surface area (Å²) < 4.78 is 20.1. The zero-order valence-corrected chi connectivity index (χ0v) is 15.5. The molecule has 140 valence electrons. The molecule has 0 aliphatic rings. The Morgan fingerprint density at radius 3 is 2.52 bits per heavy atom. The van der Waals surface area contributed by atoms with Crippen LogP contribution in [0.25, 0.3) is 5.69 Å². The minimum atomic E-state index is -0.353. The molecule has 3 rings (SSSR count). The first-order chi connectivity index (χ1) is 13.0. The maximum absolute atomic E-state index is 13.4. The monoisotopic (exact) mass is 367 g/mol. The molecule has 1 unspecified atom stereocenters. The van der Waals surface area contributed by atoms with Crippen LogP contribution in [-0.2, 0) is 0 Å². The smallest absolute Gasteiger partial charge is 0.272 e. The van der Waals surface area contributed by atoms with E-state index in [1.165, 1.54) is 16.8 Å². The number of carbonyl (C=O) groups is 1. The van der Waals surface area contributed by atoms with Gasteiger partial charge in [-0.05, 0) is 47.9 Å². The lowest BCUT2D eigenvalue weighted by Crippen LogP contribution is -2.32. The Labute approximate surface area is 157 Å². The number of ether oxygens (including phenoxy) is 1. The number of hydrogen-bond acceptors (Lipinski definition) is 3. The summed E-state index contributed by atoms with van der Waals surface area (Å²) >= 11 is 0. The van der Waals surface area contributed by atoms with Crippen molar-refractivity contribution in [3.8, 4) is 11.4 Å². The van der Waals surface area contributed by atoms with Crippen molar-refractivity contribution in [3.05, 3.63) is 77.9 Å². The molecule has 1 aromatic heterocycles. The average molecular weight is 367 g/mol. The Balaban J connectivity index is 1.78. The molecule has 2 aromatic carbocycles. The number of hydrogen-bond donors (Lipinski definition) is 1. The van der Waals surface area contributed by atoms with E-state index in [-0.39, 0.29) is 29.4 Å². The average Bonchev–Trinajstić information content (AvgIpc) is 3.16. The van der Waals surface area contributed by atoms with Gasteiger partial charge in [0.1, 0.15) is 11.6 Å². The van der Waals surface area contributed by atoms with Gasteiger partial charge in [-0.15, -0.1) is 0 Å². The van der Waals surface area contributed by atoms with Crippen LogP contribution in [0, 0.1) is 11.7 Å². The van der Waals surface area contributed by atoms with Gasteiger partial charge in [0.25, 0.3) is 5.91 Å². The van der Waals surface area contributed by atoms with Crippen LogP contribution >= 0.6 is 0 Å². The van der Waals surface area contributed by atoms with Crippen LogP contribution in [0.5, 0.6) is 5.75 Å². The number of nitrogens with zero attached hydrogens (tertiary/aromatic N) is 2. The molecular formula is C21H22FN3O2. The number of benzene rings is 2. The summed E-state index contributed by atoms with van der Waals surface area (Å²) in [7, 11) is 1.62. The highest BCUT2D eigenvalue weighted by atomic mass is 19.1. The lowest BCUT2D eigenvalue weighted by molar-refractivity contribution is 0.0920. The molecule has 0 fully saturated rings. The SMILES string of the molecule is COc1ccc(C(NC(=O)c2ccn(-c3cccc(F)c3)n2)C(C)C)cc1. The van der Waals surface area contributed by atoms with Crippen LogP contribution in [0.1, 0.15) is 35.9 Å². The highest BCUT2D eigenvalue weighted by Gasteiger charge is 2.20. The molecule has 6 heteroatoms. The summed E-state index contributed by atoms with van der Waals surface area (Å²) in [6.45, 7) is 4.08. The van der Waals surface area contributed by atoms with Gasteiger partial charge in [-0.1, -0.05) is 32.0 Å². The van der Waals surface area contributed by atoms with E-state index >= 15 is 0 Å². The highest BCUT2D eigenvalue weighted by Crippen LogP contribution is 2.24. The minimum absolute atomic E-state index is 0.164. The van der Waals surface area contributed by atoms with E-state index in [0.717, 1.165) is 11.3 Å². The lowest BCUT2D eigenvalue weighted by atomic mass is 9.96. The van der Waals surface area contributed by atoms with Gasteiger partial charge in [-0.3, -0.25) is 4.79 Å². The van der Waals surface area contributed by atoms with Gasteiger partial charge in [0.2, 0.25) is 0 Å². The van der Waals surface area contributed by atoms with Crippen LogP contribution in [0.3, 0.4) is 0 Å². The molecule has 0 aliphatic carbocycles. The van der Waals surface area contributed by atoms with E-state index in [9.17, 15) is 9.18 Å². The number of halogens is 1. The summed E-state index contributed by atoms with van der Waals surface area (Å²) in [6, 6.07) is 15.1. The van der Waals surface area contributed by atoms with Gasteiger partial charge in [0.15, 0.2) is 5.69 Å². The second-order valence-electron chi connectivity index (χ2n) is 6.59. The number of carbonyl (C=O) groups excluding carboxylic acids is 1. The minimum Gasteiger partial charge on any atom is -0.497 e. The molecular weight excluding hydrogens is 345 g/mol. The largest absolute Gasteiger partial charge is 0.497 e. The standard InChI is InChI=1S/C21H22FN3O2/c1-14(2)20(15-7-9-18(27-3)10-8-15)23-21(26)19-11-12-25(24-19)17-6-4-5-16(22)13-17/h4-14,20H,1-3H3,(H,23,26). The predicted octanol–water partition coefficient (Wildman–Crippen LogP) is 4.15. The molecule has 27 heavy (non-hydrogen) atoms. The zero-order valence-electron chi connectivity index (χ0n) is 15.5. The molecule has 1 atom stereocenters. The summed E-state index contributed by atoms with van der Waals surface area (Å²) in [4.78, 5) is 12.7. The van der Waals surface area contributed by atoms with Crippen molar-refractivity contribution in [2.75, 3.05) is 7.11 Å². The Morgan fingerprint density at radius 2 is 1.89 bits per heavy atom. The number of methoxy groups -OCH3 is 1. The van der Waals surface area contributed by atoms with Crippen molar-refractivity contribution in [2.45, 2.75) is 19.9 Å². The molecule has 1 heterocycles. The molecule has 1 amide bonds. The Hall–Kier alpha value is -3.15. The quantitative estimate of drug-likeness (QED) is 0.712. The van der Waals surface area contributed by atoms with E-state index in [0.29, 0.717) is 5.69 Å². The summed E-state index contributed by atoms with van der Waals surface area (Å²) in [5.74, 6) is 0.321. The molecule has 3 aromatic rings. The van der Waals surface area contributed by atoms with Crippen LogP contribution in [0.4, 0.5) is 4.39 Å². The Morgan fingerprint density at radius 1 is 1.15 bits per heavy atom. The van der Waals surface area contributed by atoms with E-state index < -0.39 is 0 Å². The topological polar surface area (TPSA) is 56.1 Å². The maximum Gasteiger partial charge on any atom is 0.272 e. The molecule has 0 aliphatic heterocycles. The number of aromatic nitrogens is 2. The molecule has 0 spiro atoms. The van der Waals surface area contributed by atoms with Crippen LogP contribution < -0.4 is 10.1 Å². The van der Waals surface area contributed by atoms with Gasteiger partial charge in [0.05, 0.1) is 18.8 Å². The molecule has 0 saturated heterocycles. The normalized spacial score (nSPS) is 12.0. The fourth-order valence-corrected chi connectivity index (χ4v) is 2.87. The fraction of sp³-hybridized carbons (Fsp3) is 0.238. The van der Waals surface area contributed by atoms with Crippen molar-refractivity contribution in [2.24, 2.45) is 5.92 Å². The number of amides is 1. The predicted molar refractivity (Wildman–Crippen MR) is 102 cm³/mol. The van der Waals surface area contributed by atoms with E-state index in [1.54, 1.807) is 31.5 Å². The highest BCUT2D eigenvalue weighted by molar-refractivity contribution is 5.92. The third kappa shape index (κ3) is 4.34. The van der Waals surface area contributed by atoms with Gasteiger partial charge in [-0.25, -0.2) is 9.07 Å². The van der Waals surface area contributed by atoms with Gasteiger partial charge >= 0.3 is 0 Å². The zero-order chi connectivity index (χ0) is 19.4. The van der Waals surface area contributed by atoms with Crippen LogP contribution in [0.2, 0.25) is 0 Å². The Bertz CT molecular complexity index is 919. The van der Waals surface area contributed by atoms with Gasteiger partial charge < -0.3 is 10.1 Å². The Kier molecular flexibility index (Phi) is 5.54. The molecule has 0 radical (unpaired) electrons. The first kappa shape index (κ1) is 18.6. The summed E-state index contributed by atoms with van der Waals surface area (Å²) in [5, 5.41) is 7.31. The second kappa shape index (κ2) is 8.03. The summed E-state index contributed by atoms with van der Waals surface area (Å²) in [5.41, 5.74) is 1.83. The van der Waals surface area contributed by atoms with Gasteiger partial charge in [-0.2, -0.15) is 5.10 Å². The van der Waals surface area contributed by atoms with Crippen molar-refractivity contribution in [3.63, 3.8) is 0 Å². The molecule has 0 saturated carbocycles. The third-order valence-corrected chi connectivity index (χ3v) is 4.32. The van der Waals surface area contributed by atoms with Crippen molar-refractivity contribution >= 4 is 5.91 Å². The van der Waals surface area contributed by atoms with E-state index in [4.69, 9.17) is 4.74 Å². The molecule has 1 N–H and O–H groups in total. The second-order valence-corrected chi connectivity index (χ2v) is 6.59. The van der Waals surface area contributed by atoms with Crippen LogP contribution in [-0.4, -0.2) is 22.8 Å². The van der Waals surface area contributed by atoms with E-state index in [2.05, 4.69) is 10.4 Å². The fourth-order valence-electron chi connectivity index (χ4n) is 2.87. The maximum atomic E-state index is 13.4. The van der Waals surface area contributed by atoms with Crippen LogP contribution in [0.15, 0.2) is 60.8 Å². The van der Waals surface area contributed by atoms with Crippen molar-refractivity contribution in [1.82, 2.24) is 15.1 Å². The molecule has 0 bridgehead atoms. The number of rotatable bonds is 6. The lowest BCUT2D eigenvalue weighted by Gasteiger charge is -2.22. The summed E-state index contributed by atoms with van der Waals surface area (Å²) in [6.07, 6.45) is 1.64. The first-order valence-corrected chi connectivity index (χ1v) is 8.74. The van der Waals surface area contributed by atoms with Gasteiger partial charge in [0, 0.05) is 6.20 Å². The van der Waals surface area contributed by atoms with Crippen molar-refractivity contribution < 1.29 is 13.9 Å². The van der Waals surface area contributed by atoms with Crippen molar-refractivity contribution in [1.29, 1.82) is 0 Å². The molecule has 5 nitrogen and oxygen atoms in total.